The fraction of sp³-hybridized carbons (Fsp3) is 0.0526. The molecular weight excluding hydrogens is 373 g/mol. The molecule has 0 aliphatic carbocycles. The maximum Gasteiger partial charge on any atom is 0.143 e. The van der Waals surface area contributed by atoms with Crippen molar-refractivity contribution in [2.24, 2.45) is 0 Å². The third-order valence-corrected chi connectivity index (χ3v) is 4.98. The van der Waals surface area contributed by atoms with Crippen LogP contribution in [0.5, 0.6) is 0 Å². The van der Waals surface area contributed by atoms with Crippen molar-refractivity contribution in [2.45, 2.75) is 6.92 Å². The second-order valence-electron chi connectivity index (χ2n) is 5.55. The Labute approximate surface area is 161 Å². The molecule has 2 aromatic heterocycles. The zero-order valence-electron chi connectivity index (χ0n) is 13.3. The molecule has 0 bridgehead atoms. The second kappa shape index (κ2) is 7.40. The first-order chi connectivity index (χ1) is 11.7. The predicted octanol–water partition coefficient (Wildman–Crippen LogP) is 3.07. The van der Waals surface area contributed by atoms with Crippen LogP contribution < -0.4 is 17.7 Å². The van der Waals surface area contributed by atoms with Crippen molar-refractivity contribution in [1.29, 1.82) is 0 Å². The number of hydrogen-bond donors (Lipinski definition) is 1. The Bertz CT molecular complexity index is 996. The number of hydrogen-bond acceptors (Lipinski definition) is 4. The van der Waals surface area contributed by atoms with Crippen LogP contribution in [-0.2, 0) is 0 Å². The van der Waals surface area contributed by atoms with Gasteiger partial charge in [0.1, 0.15) is 17.0 Å². The summed E-state index contributed by atoms with van der Waals surface area (Å²) < 4.78 is 0. The van der Waals surface area contributed by atoms with Crippen LogP contribution in [0, 0.1) is 6.92 Å². The van der Waals surface area contributed by atoms with Crippen LogP contribution in [0.1, 0.15) is 5.56 Å². The molecule has 2 aromatic carbocycles. The molecule has 126 valence electrons. The van der Waals surface area contributed by atoms with Gasteiger partial charge in [-0.2, -0.15) is 0 Å². The molecule has 3 nitrogen and oxygen atoms in total. The van der Waals surface area contributed by atoms with Gasteiger partial charge in [-0.3, -0.25) is 0 Å². The number of rotatable bonds is 3. The Kier molecular flexibility index (Phi) is 5.23. The third kappa shape index (κ3) is 3.61. The number of aromatic nitrogens is 2. The number of nitrogens with one attached hydrogen (secondary N) is 1. The van der Waals surface area contributed by atoms with Crippen LogP contribution in [0.25, 0.3) is 21.3 Å². The maximum atomic E-state index is 5.96. The normalized spacial score (nSPS) is 10.5. The van der Waals surface area contributed by atoms with Crippen LogP contribution in [0.3, 0.4) is 0 Å². The summed E-state index contributed by atoms with van der Waals surface area (Å²) in [4.78, 5) is 9.83. The van der Waals surface area contributed by atoms with Crippen LogP contribution >= 0.6 is 22.9 Å². The van der Waals surface area contributed by atoms with Gasteiger partial charge in [0.05, 0.1) is 5.39 Å². The van der Waals surface area contributed by atoms with Crippen molar-refractivity contribution in [3.63, 3.8) is 0 Å². The summed E-state index contributed by atoms with van der Waals surface area (Å²) in [6.07, 6.45) is 1.59. The molecule has 4 rings (SSSR count). The van der Waals surface area contributed by atoms with E-state index < -0.39 is 0 Å². The lowest BCUT2D eigenvalue weighted by Gasteiger charge is -2.08. The van der Waals surface area contributed by atoms with Crippen molar-refractivity contribution in [2.75, 3.05) is 5.32 Å². The highest BCUT2D eigenvalue weighted by Crippen LogP contribution is 2.37. The van der Waals surface area contributed by atoms with E-state index in [1.54, 1.807) is 17.7 Å². The summed E-state index contributed by atoms with van der Waals surface area (Å²) in [5.74, 6) is 0.805. The van der Waals surface area contributed by atoms with Crippen molar-refractivity contribution < 1.29 is 12.4 Å². The molecule has 2 heterocycles. The molecule has 0 spiro atoms. The molecule has 1 N–H and O–H groups in total. The number of anilines is 2. The van der Waals surface area contributed by atoms with E-state index >= 15 is 0 Å². The zero-order chi connectivity index (χ0) is 16.5. The van der Waals surface area contributed by atoms with E-state index in [0.717, 1.165) is 27.3 Å². The van der Waals surface area contributed by atoms with Gasteiger partial charge in [-0.25, -0.2) is 9.97 Å². The van der Waals surface area contributed by atoms with Gasteiger partial charge >= 0.3 is 0 Å². The topological polar surface area (TPSA) is 37.8 Å². The largest absolute Gasteiger partial charge is 1.00 e. The molecular formula is C19H14Cl2N3S-. The highest BCUT2D eigenvalue weighted by Gasteiger charge is 2.13. The molecule has 0 saturated heterocycles. The van der Waals surface area contributed by atoms with Gasteiger partial charge in [0.25, 0.3) is 0 Å². The van der Waals surface area contributed by atoms with E-state index in [1.807, 2.05) is 24.3 Å². The summed E-state index contributed by atoms with van der Waals surface area (Å²) >= 11 is 7.59. The van der Waals surface area contributed by atoms with E-state index in [1.165, 1.54) is 11.1 Å². The summed E-state index contributed by atoms with van der Waals surface area (Å²) in [6.45, 7) is 2.09. The quantitative estimate of drug-likeness (QED) is 0.587. The molecule has 0 aliphatic heterocycles. The highest BCUT2D eigenvalue weighted by atomic mass is 35.5. The monoisotopic (exact) mass is 386 g/mol. The van der Waals surface area contributed by atoms with Crippen LogP contribution in [0.2, 0.25) is 5.02 Å². The number of fused-ring (bicyclic) bond motifs is 1. The number of halogens is 2. The maximum absolute atomic E-state index is 5.96. The lowest BCUT2D eigenvalue weighted by atomic mass is 10.0. The van der Waals surface area contributed by atoms with E-state index in [4.69, 9.17) is 11.6 Å². The molecule has 6 heteroatoms. The Balaban J connectivity index is 0.00000182. The standard InChI is InChI=1S/C19H14ClN3S.ClH/c1-12-2-4-13(5-3-12)16-10-24-19-17(16)18(21-11-22-19)23-15-8-6-14(20)7-9-15;/h2-11H,1H3,(H,21,22,23);1H/p-1. The predicted molar refractivity (Wildman–Crippen MR) is 102 cm³/mol. The first-order valence-electron chi connectivity index (χ1n) is 7.52. The Morgan fingerprint density at radius 1 is 0.960 bits per heavy atom. The number of nitrogens with zero attached hydrogens (tertiary/aromatic N) is 2. The van der Waals surface area contributed by atoms with Crippen LogP contribution in [-0.4, -0.2) is 9.97 Å². The lowest BCUT2D eigenvalue weighted by Crippen LogP contribution is -3.00. The molecule has 25 heavy (non-hydrogen) atoms. The average molecular weight is 387 g/mol. The summed E-state index contributed by atoms with van der Waals surface area (Å²) in [6, 6.07) is 16.1. The van der Waals surface area contributed by atoms with E-state index in [2.05, 4.69) is 51.9 Å². The molecule has 0 radical (unpaired) electrons. The van der Waals surface area contributed by atoms with Crippen LogP contribution in [0.15, 0.2) is 60.2 Å². The van der Waals surface area contributed by atoms with Crippen molar-refractivity contribution in [3.05, 3.63) is 70.8 Å². The summed E-state index contributed by atoms with van der Waals surface area (Å²) in [5.41, 5.74) is 4.50. The minimum atomic E-state index is 0. The Morgan fingerprint density at radius 2 is 1.68 bits per heavy atom. The minimum absolute atomic E-state index is 0. The molecule has 0 unspecified atom stereocenters. The van der Waals surface area contributed by atoms with Gasteiger partial charge in [-0.15, -0.1) is 11.3 Å². The lowest BCUT2D eigenvalue weighted by molar-refractivity contribution is -0.00000467. The van der Waals surface area contributed by atoms with Gasteiger partial charge in [0.2, 0.25) is 0 Å². The second-order valence-corrected chi connectivity index (χ2v) is 6.84. The molecule has 0 saturated carbocycles. The Morgan fingerprint density at radius 3 is 2.40 bits per heavy atom. The Hall–Kier alpha value is -2.14. The fourth-order valence-electron chi connectivity index (χ4n) is 2.59. The number of benzene rings is 2. The van der Waals surface area contributed by atoms with Crippen molar-refractivity contribution in [1.82, 2.24) is 9.97 Å². The van der Waals surface area contributed by atoms with E-state index in [9.17, 15) is 0 Å². The molecule has 0 aliphatic rings. The van der Waals surface area contributed by atoms with Gasteiger partial charge in [0.15, 0.2) is 0 Å². The minimum Gasteiger partial charge on any atom is -1.00 e. The number of aryl methyl sites for hydroxylation is 1. The molecule has 0 atom stereocenters. The van der Waals surface area contributed by atoms with Crippen molar-refractivity contribution in [3.8, 4) is 11.1 Å². The SMILES string of the molecule is Cc1ccc(-c2csc3ncnc(Nc4ccc(Cl)cc4)c23)cc1.[Cl-]. The third-order valence-electron chi connectivity index (χ3n) is 3.84. The zero-order valence-corrected chi connectivity index (χ0v) is 15.7. The smallest absolute Gasteiger partial charge is 0.143 e. The first kappa shape index (κ1) is 17.7. The van der Waals surface area contributed by atoms with Gasteiger partial charge in [0, 0.05) is 21.7 Å². The highest BCUT2D eigenvalue weighted by molar-refractivity contribution is 7.17. The van der Waals surface area contributed by atoms with Gasteiger partial charge in [-0.1, -0.05) is 41.4 Å². The molecule has 0 fully saturated rings. The average Bonchev–Trinajstić information content (AvgIpc) is 3.03. The van der Waals surface area contributed by atoms with E-state index in [0.29, 0.717) is 5.02 Å². The molecule has 0 amide bonds. The van der Waals surface area contributed by atoms with Crippen LogP contribution in [0.4, 0.5) is 11.5 Å². The van der Waals surface area contributed by atoms with E-state index in [-0.39, 0.29) is 12.4 Å². The molecule has 4 aromatic rings. The number of thiophene rings is 1. The summed E-state index contributed by atoms with van der Waals surface area (Å²) in [7, 11) is 0. The first-order valence-corrected chi connectivity index (χ1v) is 8.78. The van der Waals surface area contributed by atoms with Gasteiger partial charge in [-0.05, 0) is 36.8 Å². The fourth-order valence-corrected chi connectivity index (χ4v) is 3.63. The van der Waals surface area contributed by atoms with Crippen molar-refractivity contribution >= 4 is 44.7 Å². The summed E-state index contributed by atoms with van der Waals surface area (Å²) in [5, 5.41) is 7.27. The van der Waals surface area contributed by atoms with Gasteiger partial charge < -0.3 is 17.7 Å².